The molecule has 4 aromatic rings. The summed E-state index contributed by atoms with van der Waals surface area (Å²) in [7, 11) is 0. The van der Waals surface area contributed by atoms with E-state index in [0.29, 0.717) is 12.5 Å². The summed E-state index contributed by atoms with van der Waals surface area (Å²) in [6.07, 6.45) is 5.96. The summed E-state index contributed by atoms with van der Waals surface area (Å²) in [5.74, 6) is 1.33. The first-order valence-corrected chi connectivity index (χ1v) is 13.0. The van der Waals surface area contributed by atoms with Gasteiger partial charge in [-0.05, 0) is 61.4 Å². The van der Waals surface area contributed by atoms with E-state index < -0.39 is 5.41 Å². The van der Waals surface area contributed by atoms with Crippen LogP contribution in [0.1, 0.15) is 36.8 Å². The Morgan fingerprint density at radius 3 is 2.32 bits per heavy atom. The quantitative estimate of drug-likeness (QED) is 0.276. The lowest BCUT2D eigenvalue weighted by Gasteiger charge is -2.37. The number of likely N-dealkylation sites (tertiary alicyclic amines) is 1. The second kappa shape index (κ2) is 12.5. The Morgan fingerprint density at radius 2 is 1.62 bits per heavy atom. The Balaban J connectivity index is 0.00000320. The normalized spacial score (nSPS) is 16.0. The van der Waals surface area contributed by atoms with Gasteiger partial charge < -0.3 is 15.1 Å². The molecular formula is C32H35N3O2. The number of piperidine rings is 1. The summed E-state index contributed by atoms with van der Waals surface area (Å²) in [5.41, 5.74) is 2.48. The summed E-state index contributed by atoms with van der Waals surface area (Å²) < 4.78 is 6.12. The Bertz CT molecular complexity index is 1260. The molecule has 2 N–H and O–H groups in total. The number of ether oxygens (including phenoxy) is 1. The highest BCUT2D eigenvalue weighted by Crippen LogP contribution is 2.40. The molecule has 1 aliphatic rings. The van der Waals surface area contributed by atoms with Crippen LogP contribution in [0.5, 0.6) is 5.75 Å². The topological polar surface area (TPSA) is 80.7 Å². The zero-order valence-electron chi connectivity index (χ0n) is 21.2. The molecule has 5 rings (SSSR count). The van der Waals surface area contributed by atoms with Crippen LogP contribution in [0, 0.1) is 17.2 Å². The van der Waals surface area contributed by atoms with E-state index in [2.05, 4.69) is 52.4 Å². The number of aromatic nitrogens is 1. The highest BCUT2D eigenvalue weighted by molar-refractivity contribution is 5.84. The van der Waals surface area contributed by atoms with Gasteiger partial charge in [-0.25, -0.2) is 0 Å². The van der Waals surface area contributed by atoms with E-state index in [1.807, 2.05) is 60.8 Å². The number of para-hydroxylation sites is 1. The standard InChI is InChI=1S/C32H33N3O.H2O/c33-25-32(28-14-3-1-4-15-28,29-16-5-2-6-17-29)23-26-11-9-20-35(24-26)21-10-22-36-30-18-7-12-27-13-8-19-34-31(27)30;/h1-8,12-19,26H,9-11,20-24H2;1H2. The number of hydrogen-bond acceptors (Lipinski definition) is 4. The van der Waals surface area contributed by atoms with Crippen LogP contribution in [-0.4, -0.2) is 41.6 Å². The molecule has 0 spiro atoms. The molecule has 0 amide bonds. The van der Waals surface area contributed by atoms with Crippen molar-refractivity contribution in [3.63, 3.8) is 0 Å². The van der Waals surface area contributed by atoms with E-state index in [0.717, 1.165) is 66.7 Å². The van der Waals surface area contributed by atoms with E-state index in [1.54, 1.807) is 0 Å². The van der Waals surface area contributed by atoms with E-state index in [9.17, 15) is 5.26 Å². The van der Waals surface area contributed by atoms with Crippen LogP contribution in [0.15, 0.2) is 97.2 Å². The Kier molecular flexibility index (Phi) is 8.90. The van der Waals surface area contributed by atoms with Crippen molar-refractivity contribution in [2.24, 2.45) is 5.92 Å². The van der Waals surface area contributed by atoms with Gasteiger partial charge in [-0.3, -0.25) is 4.98 Å². The van der Waals surface area contributed by atoms with Crippen molar-refractivity contribution in [1.29, 1.82) is 5.26 Å². The highest BCUT2D eigenvalue weighted by Gasteiger charge is 2.38. The van der Waals surface area contributed by atoms with Crippen molar-refractivity contribution in [2.75, 3.05) is 26.2 Å². The minimum atomic E-state index is -0.624. The molecule has 1 saturated heterocycles. The average Bonchev–Trinajstić information content (AvgIpc) is 2.95. The summed E-state index contributed by atoms with van der Waals surface area (Å²) >= 11 is 0. The van der Waals surface area contributed by atoms with Gasteiger partial charge >= 0.3 is 0 Å². The molecular weight excluding hydrogens is 458 g/mol. The van der Waals surface area contributed by atoms with Crippen molar-refractivity contribution in [3.05, 3.63) is 108 Å². The lowest BCUT2D eigenvalue weighted by molar-refractivity contribution is 0.150. The van der Waals surface area contributed by atoms with E-state index in [1.165, 1.54) is 6.42 Å². The van der Waals surface area contributed by atoms with Crippen molar-refractivity contribution >= 4 is 10.9 Å². The molecule has 0 bridgehead atoms. The number of pyridine rings is 1. The third-order valence-electron chi connectivity index (χ3n) is 7.39. The summed E-state index contributed by atoms with van der Waals surface area (Å²) in [5, 5.41) is 11.7. The van der Waals surface area contributed by atoms with E-state index >= 15 is 0 Å². The second-order valence-corrected chi connectivity index (χ2v) is 9.80. The van der Waals surface area contributed by atoms with Crippen molar-refractivity contribution in [2.45, 2.75) is 31.1 Å². The maximum atomic E-state index is 10.6. The molecule has 1 aromatic heterocycles. The Morgan fingerprint density at radius 1 is 0.919 bits per heavy atom. The molecule has 0 saturated carbocycles. The molecule has 0 aliphatic carbocycles. The predicted octanol–water partition coefficient (Wildman–Crippen LogP) is 5.79. The maximum absolute atomic E-state index is 10.6. The molecule has 1 fully saturated rings. The molecule has 5 heteroatoms. The van der Waals surface area contributed by atoms with Crippen LogP contribution in [0.4, 0.5) is 0 Å². The lowest BCUT2D eigenvalue weighted by atomic mass is 9.69. The first-order valence-electron chi connectivity index (χ1n) is 13.0. The lowest BCUT2D eigenvalue weighted by Crippen LogP contribution is -2.40. The highest BCUT2D eigenvalue weighted by atomic mass is 16.5. The number of nitriles is 1. The van der Waals surface area contributed by atoms with Crippen LogP contribution < -0.4 is 4.74 Å². The Hall–Kier alpha value is -3.72. The minimum Gasteiger partial charge on any atom is -0.491 e. The average molecular weight is 494 g/mol. The molecule has 5 nitrogen and oxygen atoms in total. The van der Waals surface area contributed by atoms with Gasteiger partial charge in [0.25, 0.3) is 0 Å². The largest absolute Gasteiger partial charge is 0.491 e. The smallest absolute Gasteiger partial charge is 0.145 e. The predicted molar refractivity (Wildman–Crippen MR) is 149 cm³/mol. The molecule has 3 aromatic carbocycles. The van der Waals surface area contributed by atoms with Gasteiger partial charge in [0.2, 0.25) is 0 Å². The van der Waals surface area contributed by atoms with Crippen molar-refractivity contribution in [1.82, 2.24) is 9.88 Å². The fraction of sp³-hybridized carbons (Fsp3) is 0.312. The van der Waals surface area contributed by atoms with Crippen LogP contribution >= 0.6 is 0 Å². The van der Waals surface area contributed by atoms with Gasteiger partial charge in [-0.1, -0.05) is 78.9 Å². The van der Waals surface area contributed by atoms with Gasteiger partial charge in [-0.2, -0.15) is 5.26 Å². The van der Waals surface area contributed by atoms with Gasteiger partial charge in [0.05, 0.1) is 12.7 Å². The molecule has 37 heavy (non-hydrogen) atoms. The van der Waals surface area contributed by atoms with Gasteiger partial charge in [0.1, 0.15) is 16.7 Å². The van der Waals surface area contributed by atoms with Crippen LogP contribution in [0.25, 0.3) is 10.9 Å². The molecule has 0 radical (unpaired) electrons. The van der Waals surface area contributed by atoms with Gasteiger partial charge in [0, 0.05) is 24.7 Å². The summed E-state index contributed by atoms with van der Waals surface area (Å²) in [4.78, 5) is 7.04. The monoisotopic (exact) mass is 493 g/mol. The van der Waals surface area contributed by atoms with Gasteiger partial charge in [-0.15, -0.1) is 0 Å². The van der Waals surface area contributed by atoms with Crippen LogP contribution in [0.3, 0.4) is 0 Å². The Labute approximate surface area is 219 Å². The van der Waals surface area contributed by atoms with E-state index in [4.69, 9.17) is 4.74 Å². The number of nitrogens with zero attached hydrogens (tertiary/aromatic N) is 3. The first-order chi connectivity index (χ1) is 17.8. The summed E-state index contributed by atoms with van der Waals surface area (Å²) in [6.45, 7) is 3.82. The summed E-state index contributed by atoms with van der Waals surface area (Å²) in [6, 6.07) is 33.5. The zero-order chi connectivity index (χ0) is 24.6. The molecule has 1 aliphatic heterocycles. The zero-order valence-corrected chi connectivity index (χ0v) is 21.2. The molecule has 190 valence electrons. The van der Waals surface area contributed by atoms with Crippen LogP contribution in [-0.2, 0) is 5.41 Å². The molecule has 2 heterocycles. The van der Waals surface area contributed by atoms with Crippen LogP contribution in [0.2, 0.25) is 0 Å². The minimum absolute atomic E-state index is 0. The fourth-order valence-corrected chi connectivity index (χ4v) is 5.64. The molecule has 1 atom stereocenters. The van der Waals surface area contributed by atoms with Crippen molar-refractivity contribution < 1.29 is 10.2 Å². The fourth-order valence-electron chi connectivity index (χ4n) is 5.64. The first kappa shape index (κ1) is 26.3. The second-order valence-electron chi connectivity index (χ2n) is 9.80. The molecule has 1 unspecified atom stereocenters. The third-order valence-corrected chi connectivity index (χ3v) is 7.39. The number of benzene rings is 3. The van der Waals surface area contributed by atoms with E-state index in [-0.39, 0.29) is 5.48 Å². The number of rotatable bonds is 9. The third kappa shape index (κ3) is 5.99. The van der Waals surface area contributed by atoms with Crippen molar-refractivity contribution in [3.8, 4) is 11.8 Å². The SMILES string of the molecule is N#CC(CC1CCCN(CCCOc2cccc3cccnc23)C1)(c1ccccc1)c1ccccc1.O. The number of fused-ring (bicyclic) bond motifs is 1. The maximum Gasteiger partial charge on any atom is 0.145 e. The van der Waals surface area contributed by atoms with Gasteiger partial charge in [0.15, 0.2) is 0 Å². The number of hydrogen-bond donors (Lipinski definition) is 0.